The van der Waals surface area contributed by atoms with Crippen molar-refractivity contribution in [1.82, 2.24) is 4.72 Å². The number of benzene rings is 1. The highest BCUT2D eigenvalue weighted by Gasteiger charge is 2.22. The van der Waals surface area contributed by atoms with Crippen LogP contribution in [0.15, 0.2) is 29.2 Å². The smallest absolute Gasteiger partial charge is 0.242 e. The molecule has 0 aromatic heterocycles. The minimum absolute atomic E-state index is 0.358. The molecule has 0 radical (unpaired) electrons. The normalized spacial score (nSPS) is 23.0. The topological polar surface area (TPSA) is 58.2 Å². The zero-order valence-corrected chi connectivity index (χ0v) is 13.7. The third-order valence-electron chi connectivity index (χ3n) is 4.09. The van der Waals surface area contributed by atoms with Gasteiger partial charge in [0.2, 0.25) is 10.0 Å². The number of anilines is 1. The highest BCUT2D eigenvalue weighted by atomic mass is 32.2. The molecule has 118 valence electrons. The summed E-state index contributed by atoms with van der Waals surface area (Å²) in [6, 6.07) is 7.56. The molecule has 5 heteroatoms. The van der Waals surface area contributed by atoms with E-state index >= 15 is 0 Å². The Kier molecular flexibility index (Phi) is 5.65. The molecule has 4 nitrogen and oxygen atoms in total. The van der Waals surface area contributed by atoms with Gasteiger partial charge in [0.1, 0.15) is 4.90 Å². The molecule has 0 spiro atoms. The predicted octanol–water partition coefficient (Wildman–Crippen LogP) is 3.37. The lowest BCUT2D eigenvalue weighted by atomic mass is 9.87. The van der Waals surface area contributed by atoms with Gasteiger partial charge in [-0.1, -0.05) is 26.0 Å². The van der Waals surface area contributed by atoms with Crippen LogP contribution in [0.4, 0.5) is 5.69 Å². The molecule has 0 amide bonds. The first-order valence-electron chi connectivity index (χ1n) is 7.88. The Morgan fingerprint density at radius 1 is 1.14 bits per heavy atom. The van der Waals surface area contributed by atoms with Crippen molar-refractivity contribution in [2.45, 2.75) is 56.9 Å². The molecule has 2 N–H and O–H groups in total. The molecule has 0 unspecified atom stereocenters. The van der Waals surface area contributed by atoms with E-state index in [0.29, 0.717) is 17.5 Å². The Morgan fingerprint density at radius 2 is 1.81 bits per heavy atom. The SMILES string of the molecule is CCCNS(=O)(=O)c1ccccc1NC1CCC(C)CC1. The number of hydrogen-bond acceptors (Lipinski definition) is 3. The van der Waals surface area contributed by atoms with Gasteiger partial charge in [-0.05, 0) is 50.2 Å². The largest absolute Gasteiger partial charge is 0.381 e. The van der Waals surface area contributed by atoms with Gasteiger partial charge >= 0.3 is 0 Å². The Morgan fingerprint density at radius 3 is 2.48 bits per heavy atom. The third-order valence-corrected chi connectivity index (χ3v) is 5.61. The summed E-state index contributed by atoms with van der Waals surface area (Å²) in [5.74, 6) is 0.785. The quantitative estimate of drug-likeness (QED) is 0.847. The van der Waals surface area contributed by atoms with Crippen molar-refractivity contribution in [2.24, 2.45) is 5.92 Å². The second-order valence-electron chi connectivity index (χ2n) is 6.00. The Balaban J connectivity index is 2.13. The molecule has 2 rings (SSSR count). The zero-order chi connectivity index (χ0) is 15.3. The molecule has 0 bridgehead atoms. The molecule has 1 aliphatic carbocycles. The van der Waals surface area contributed by atoms with Crippen LogP contribution in [0.2, 0.25) is 0 Å². The van der Waals surface area contributed by atoms with Crippen LogP contribution in [-0.4, -0.2) is 21.0 Å². The molecule has 21 heavy (non-hydrogen) atoms. The monoisotopic (exact) mass is 310 g/mol. The van der Waals surface area contributed by atoms with Crippen LogP contribution in [-0.2, 0) is 10.0 Å². The molecule has 0 atom stereocenters. The van der Waals surface area contributed by atoms with Gasteiger partial charge in [0.15, 0.2) is 0 Å². The third kappa shape index (κ3) is 4.45. The van der Waals surface area contributed by atoms with Crippen LogP contribution in [0.5, 0.6) is 0 Å². The Bertz CT molecular complexity index is 549. The molecule has 1 aromatic rings. The van der Waals surface area contributed by atoms with Crippen molar-refractivity contribution < 1.29 is 8.42 Å². The second-order valence-corrected chi connectivity index (χ2v) is 7.73. The summed E-state index contributed by atoms with van der Waals surface area (Å²) in [7, 11) is -3.43. The standard InChI is InChI=1S/C16H26N2O2S/c1-3-12-17-21(19,20)16-7-5-4-6-15(16)18-14-10-8-13(2)9-11-14/h4-7,13-14,17-18H,3,8-12H2,1-2H3. The molecule has 1 fully saturated rings. The summed E-state index contributed by atoms with van der Waals surface area (Å²) < 4.78 is 27.4. The summed E-state index contributed by atoms with van der Waals surface area (Å²) in [5.41, 5.74) is 0.723. The van der Waals surface area contributed by atoms with Gasteiger partial charge < -0.3 is 5.32 Å². The molecule has 0 aliphatic heterocycles. The van der Waals surface area contributed by atoms with Gasteiger partial charge in [0.05, 0.1) is 5.69 Å². The van der Waals surface area contributed by atoms with Crippen LogP contribution < -0.4 is 10.0 Å². The number of para-hydroxylation sites is 1. The summed E-state index contributed by atoms with van der Waals surface area (Å²) in [5, 5.41) is 3.43. The fourth-order valence-corrected chi connectivity index (χ4v) is 4.06. The van der Waals surface area contributed by atoms with Crippen LogP contribution in [0.1, 0.15) is 46.0 Å². The van der Waals surface area contributed by atoms with E-state index in [1.54, 1.807) is 12.1 Å². The van der Waals surface area contributed by atoms with Crippen molar-refractivity contribution in [3.63, 3.8) is 0 Å². The summed E-state index contributed by atoms with van der Waals surface area (Å²) in [4.78, 5) is 0.358. The van der Waals surface area contributed by atoms with E-state index in [9.17, 15) is 8.42 Å². The van der Waals surface area contributed by atoms with E-state index in [2.05, 4.69) is 17.0 Å². The van der Waals surface area contributed by atoms with Gasteiger partial charge in [-0.2, -0.15) is 0 Å². The zero-order valence-electron chi connectivity index (χ0n) is 12.9. The molecular formula is C16H26N2O2S. The average Bonchev–Trinajstić information content (AvgIpc) is 2.48. The van der Waals surface area contributed by atoms with Gasteiger partial charge in [-0.25, -0.2) is 13.1 Å². The van der Waals surface area contributed by atoms with Crippen molar-refractivity contribution in [1.29, 1.82) is 0 Å². The lowest BCUT2D eigenvalue weighted by molar-refractivity contribution is 0.361. The van der Waals surface area contributed by atoms with Crippen molar-refractivity contribution >= 4 is 15.7 Å². The fourth-order valence-electron chi connectivity index (χ4n) is 2.76. The maximum absolute atomic E-state index is 12.4. The fraction of sp³-hybridized carbons (Fsp3) is 0.625. The van der Waals surface area contributed by atoms with Crippen LogP contribution in [0, 0.1) is 5.92 Å². The van der Waals surface area contributed by atoms with E-state index < -0.39 is 10.0 Å². The first-order chi connectivity index (χ1) is 10.0. The minimum Gasteiger partial charge on any atom is -0.381 e. The summed E-state index contributed by atoms with van der Waals surface area (Å²) in [6.07, 6.45) is 5.42. The average molecular weight is 310 g/mol. The van der Waals surface area contributed by atoms with Crippen molar-refractivity contribution in [3.8, 4) is 0 Å². The summed E-state index contributed by atoms with van der Waals surface area (Å²) in [6.45, 7) is 4.71. The highest BCUT2D eigenvalue weighted by molar-refractivity contribution is 7.89. The van der Waals surface area contributed by atoms with E-state index in [1.807, 2.05) is 19.1 Å². The first-order valence-corrected chi connectivity index (χ1v) is 9.36. The number of hydrogen-bond donors (Lipinski definition) is 2. The van der Waals surface area contributed by atoms with E-state index in [1.165, 1.54) is 12.8 Å². The van der Waals surface area contributed by atoms with E-state index in [4.69, 9.17) is 0 Å². The predicted molar refractivity (Wildman–Crippen MR) is 87.0 cm³/mol. The maximum Gasteiger partial charge on any atom is 0.242 e. The highest BCUT2D eigenvalue weighted by Crippen LogP contribution is 2.28. The second kappa shape index (κ2) is 7.27. The molecule has 1 aliphatic rings. The van der Waals surface area contributed by atoms with Crippen LogP contribution in [0.25, 0.3) is 0 Å². The van der Waals surface area contributed by atoms with Crippen molar-refractivity contribution in [3.05, 3.63) is 24.3 Å². The van der Waals surface area contributed by atoms with Gasteiger partial charge in [-0.3, -0.25) is 0 Å². The Hall–Kier alpha value is -1.07. The number of nitrogens with one attached hydrogen (secondary N) is 2. The van der Waals surface area contributed by atoms with E-state index in [-0.39, 0.29) is 0 Å². The molecule has 0 saturated heterocycles. The Labute approximate surface area is 128 Å². The molecule has 1 aromatic carbocycles. The number of sulfonamides is 1. The van der Waals surface area contributed by atoms with E-state index in [0.717, 1.165) is 30.9 Å². The minimum atomic E-state index is -3.43. The van der Waals surface area contributed by atoms with Gasteiger partial charge in [0, 0.05) is 12.6 Å². The first kappa shape index (κ1) is 16.3. The van der Waals surface area contributed by atoms with Crippen LogP contribution in [0.3, 0.4) is 0 Å². The maximum atomic E-state index is 12.4. The van der Waals surface area contributed by atoms with Crippen LogP contribution >= 0.6 is 0 Å². The molecular weight excluding hydrogens is 284 g/mol. The lowest BCUT2D eigenvalue weighted by Gasteiger charge is -2.28. The summed E-state index contributed by atoms with van der Waals surface area (Å²) >= 11 is 0. The van der Waals surface area contributed by atoms with Gasteiger partial charge in [-0.15, -0.1) is 0 Å². The van der Waals surface area contributed by atoms with Crippen molar-refractivity contribution in [2.75, 3.05) is 11.9 Å². The molecule has 1 saturated carbocycles. The van der Waals surface area contributed by atoms with Gasteiger partial charge in [0.25, 0.3) is 0 Å². The molecule has 0 heterocycles. The lowest BCUT2D eigenvalue weighted by Crippen LogP contribution is -2.28. The number of rotatable bonds is 6.